The predicted molar refractivity (Wildman–Crippen MR) is 89.9 cm³/mol. The Bertz CT molecular complexity index is 508. The molecule has 1 aliphatic rings. The number of piperidine rings is 1. The zero-order chi connectivity index (χ0) is 15.9. The lowest BCUT2D eigenvalue weighted by Gasteiger charge is -2.30. The van der Waals surface area contributed by atoms with Gasteiger partial charge in [0.2, 0.25) is 11.8 Å². The van der Waals surface area contributed by atoms with Gasteiger partial charge in [-0.3, -0.25) is 9.59 Å². The van der Waals surface area contributed by atoms with Gasteiger partial charge in [-0.25, -0.2) is 0 Å². The van der Waals surface area contributed by atoms with Gasteiger partial charge in [-0.1, -0.05) is 17.7 Å². The zero-order valence-corrected chi connectivity index (χ0v) is 14.1. The fourth-order valence-corrected chi connectivity index (χ4v) is 3.35. The predicted octanol–water partition coefficient (Wildman–Crippen LogP) is 2.46. The molecule has 2 rings (SSSR count). The highest BCUT2D eigenvalue weighted by Crippen LogP contribution is 2.19. The molecule has 0 aromatic heterocycles. The van der Waals surface area contributed by atoms with Crippen molar-refractivity contribution in [2.24, 2.45) is 5.92 Å². The Kier molecular flexibility index (Phi) is 6.31. The SMILES string of the molecule is CC(=O)N1CCC(C(=O)NCCSc2ccc(C)cc2)CC1. The first-order chi connectivity index (χ1) is 10.6. The third-order valence-electron chi connectivity index (χ3n) is 4.00. The van der Waals surface area contributed by atoms with Crippen LogP contribution in [0, 0.1) is 12.8 Å². The number of carbonyl (C=O) groups is 2. The Balaban J connectivity index is 1.64. The number of hydrogen-bond acceptors (Lipinski definition) is 3. The van der Waals surface area contributed by atoms with Crippen LogP contribution in [0.5, 0.6) is 0 Å². The van der Waals surface area contributed by atoms with Crippen molar-refractivity contribution in [1.82, 2.24) is 10.2 Å². The maximum absolute atomic E-state index is 12.1. The van der Waals surface area contributed by atoms with Gasteiger partial charge in [0.1, 0.15) is 0 Å². The van der Waals surface area contributed by atoms with Crippen molar-refractivity contribution in [3.05, 3.63) is 29.8 Å². The highest BCUT2D eigenvalue weighted by atomic mass is 32.2. The van der Waals surface area contributed by atoms with E-state index in [1.54, 1.807) is 18.7 Å². The average Bonchev–Trinajstić information content (AvgIpc) is 2.53. The minimum atomic E-state index is 0.0555. The summed E-state index contributed by atoms with van der Waals surface area (Å²) in [5.74, 6) is 1.17. The van der Waals surface area contributed by atoms with Gasteiger partial charge in [0.25, 0.3) is 0 Å². The largest absolute Gasteiger partial charge is 0.355 e. The second-order valence-corrected chi connectivity index (χ2v) is 6.90. The van der Waals surface area contributed by atoms with E-state index in [-0.39, 0.29) is 17.7 Å². The quantitative estimate of drug-likeness (QED) is 0.670. The minimum Gasteiger partial charge on any atom is -0.355 e. The van der Waals surface area contributed by atoms with Gasteiger partial charge < -0.3 is 10.2 Å². The number of thioether (sulfide) groups is 1. The van der Waals surface area contributed by atoms with Crippen LogP contribution in [-0.4, -0.2) is 42.1 Å². The number of carbonyl (C=O) groups excluding carboxylic acids is 2. The molecule has 1 aromatic carbocycles. The fraction of sp³-hybridized carbons (Fsp3) is 0.529. The Morgan fingerprint density at radius 2 is 1.86 bits per heavy atom. The highest BCUT2D eigenvalue weighted by molar-refractivity contribution is 7.99. The molecule has 0 bridgehead atoms. The van der Waals surface area contributed by atoms with Crippen molar-refractivity contribution in [2.45, 2.75) is 31.6 Å². The van der Waals surface area contributed by atoms with E-state index >= 15 is 0 Å². The monoisotopic (exact) mass is 320 g/mol. The summed E-state index contributed by atoms with van der Waals surface area (Å²) in [4.78, 5) is 26.4. The number of nitrogens with zero attached hydrogens (tertiary/aromatic N) is 1. The summed E-state index contributed by atoms with van der Waals surface area (Å²) < 4.78 is 0. The Labute approximate surface area is 136 Å². The molecule has 0 unspecified atom stereocenters. The van der Waals surface area contributed by atoms with E-state index in [2.05, 4.69) is 36.5 Å². The normalized spacial score (nSPS) is 15.6. The van der Waals surface area contributed by atoms with Gasteiger partial charge in [-0.2, -0.15) is 0 Å². The van der Waals surface area contributed by atoms with Crippen LogP contribution < -0.4 is 5.32 Å². The number of hydrogen-bond donors (Lipinski definition) is 1. The number of aryl methyl sites for hydroxylation is 1. The van der Waals surface area contributed by atoms with Crippen LogP contribution in [0.25, 0.3) is 0 Å². The summed E-state index contributed by atoms with van der Waals surface area (Å²) in [7, 11) is 0. The summed E-state index contributed by atoms with van der Waals surface area (Å²) in [6.07, 6.45) is 1.55. The highest BCUT2D eigenvalue weighted by Gasteiger charge is 2.25. The molecule has 5 heteroatoms. The van der Waals surface area contributed by atoms with E-state index in [1.807, 2.05) is 4.90 Å². The number of nitrogens with one attached hydrogen (secondary N) is 1. The molecule has 4 nitrogen and oxygen atoms in total. The molecule has 1 aromatic rings. The summed E-state index contributed by atoms with van der Waals surface area (Å²) in [6, 6.07) is 8.42. The van der Waals surface area contributed by atoms with Crippen LogP contribution in [0.1, 0.15) is 25.3 Å². The van der Waals surface area contributed by atoms with E-state index in [0.717, 1.165) is 18.6 Å². The van der Waals surface area contributed by atoms with Crippen molar-refractivity contribution in [3.8, 4) is 0 Å². The summed E-state index contributed by atoms with van der Waals surface area (Å²) >= 11 is 1.75. The number of benzene rings is 1. The Morgan fingerprint density at radius 1 is 1.23 bits per heavy atom. The minimum absolute atomic E-state index is 0.0555. The number of rotatable bonds is 5. The molecule has 0 spiro atoms. The third-order valence-corrected chi connectivity index (χ3v) is 5.02. The van der Waals surface area contributed by atoms with Gasteiger partial charge in [-0.15, -0.1) is 11.8 Å². The second-order valence-electron chi connectivity index (χ2n) is 5.73. The van der Waals surface area contributed by atoms with E-state index in [1.165, 1.54) is 10.5 Å². The molecule has 0 saturated carbocycles. The van der Waals surface area contributed by atoms with Gasteiger partial charge in [-0.05, 0) is 31.9 Å². The molecule has 1 N–H and O–H groups in total. The van der Waals surface area contributed by atoms with E-state index in [4.69, 9.17) is 0 Å². The van der Waals surface area contributed by atoms with E-state index < -0.39 is 0 Å². The summed E-state index contributed by atoms with van der Waals surface area (Å²) in [6.45, 7) is 5.75. The maximum Gasteiger partial charge on any atom is 0.223 e. The first-order valence-corrected chi connectivity index (χ1v) is 8.77. The van der Waals surface area contributed by atoms with Crippen molar-refractivity contribution in [3.63, 3.8) is 0 Å². The van der Waals surface area contributed by atoms with Gasteiger partial charge in [0.15, 0.2) is 0 Å². The standard InChI is InChI=1S/C17H24N2O2S/c1-13-3-5-16(6-4-13)22-12-9-18-17(21)15-7-10-19(11-8-15)14(2)20/h3-6,15H,7-12H2,1-2H3,(H,18,21). The first-order valence-electron chi connectivity index (χ1n) is 7.79. The van der Waals surface area contributed by atoms with Crippen LogP contribution in [-0.2, 0) is 9.59 Å². The third kappa shape index (κ3) is 5.05. The van der Waals surface area contributed by atoms with Crippen molar-refractivity contribution in [1.29, 1.82) is 0 Å². The molecule has 1 fully saturated rings. The maximum atomic E-state index is 12.1. The molecule has 2 amide bonds. The van der Waals surface area contributed by atoms with Crippen molar-refractivity contribution < 1.29 is 9.59 Å². The lowest BCUT2D eigenvalue weighted by atomic mass is 9.96. The van der Waals surface area contributed by atoms with Crippen LogP contribution in [0.4, 0.5) is 0 Å². The van der Waals surface area contributed by atoms with Gasteiger partial charge >= 0.3 is 0 Å². The van der Waals surface area contributed by atoms with Crippen LogP contribution in [0.15, 0.2) is 29.2 Å². The molecule has 0 radical (unpaired) electrons. The second kappa shape index (κ2) is 8.22. The summed E-state index contributed by atoms with van der Waals surface area (Å²) in [5, 5.41) is 3.01. The van der Waals surface area contributed by atoms with Crippen LogP contribution in [0.3, 0.4) is 0 Å². The smallest absolute Gasteiger partial charge is 0.223 e. The van der Waals surface area contributed by atoms with E-state index in [9.17, 15) is 9.59 Å². The molecule has 0 atom stereocenters. The molecule has 0 aliphatic carbocycles. The molecule has 1 saturated heterocycles. The molecular formula is C17H24N2O2S. The molecule has 1 heterocycles. The summed E-state index contributed by atoms with van der Waals surface area (Å²) in [5.41, 5.74) is 1.26. The van der Waals surface area contributed by atoms with Crippen molar-refractivity contribution in [2.75, 3.05) is 25.4 Å². The zero-order valence-electron chi connectivity index (χ0n) is 13.3. The number of amides is 2. The van der Waals surface area contributed by atoms with Gasteiger partial charge in [0.05, 0.1) is 0 Å². The fourth-order valence-electron chi connectivity index (χ4n) is 2.58. The number of likely N-dealkylation sites (tertiary alicyclic amines) is 1. The average molecular weight is 320 g/mol. The molecular weight excluding hydrogens is 296 g/mol. The first kappa shape index (κ1) is 16.9. The van der Waals surface area contributed by atoms with E-state index in [0.29, 0.717) is 19.6 Å². The molecule has 120 valence electrons. The van der Waals surface area contributed by atoms with Crippen molar-refractivity contribution >= 4 is 23.6 Å². The van der Waals surface area contributed by atoms with Crippen LogP contribution in [0.2, 0.25) is 0 Å². The molecule has 22 heavy (non-hydrogen) atoms. The Morgan fingerprint density at radius 3 is 2.45 bits per heavy atom. The topological polar surface area (TPSA) is 49.4 Å². The van der Waals surface area contributed by atoms with Crippen LogP contribution >= 0.6 is 11.8 Å². The van der Waals surface area contributed by atoms with Gasteiger partial charge in [0, 0.05) is 43.1 Å². The lowest BCUT2D eigenvalue weighted by Crippen LogP contribution is -2.42. The lowest BCUT2D eigenvalue weighted by molar-refractivity contribution is -0.133. The Hall–Kier alpha value is -1.49. The molecule has 1 aliphatic heterocycles.